The number of rotatable bonds is 1. The van der Waals surface area contributed by atoms with E-state index in [1.807, 2.05) is 0 Å². The summed E-state index contributed by atoms with van der Waals surface area (Å²) in [7, 11) is 1.71. The van der Waals surface area contributed by atoms with E-state index in [2.05, 4.69) is 6.58 Å². The Morgan fingerprint density at radius 3 is 2.50 bits per heavy atom. The number of ether oxygens (including phenoxy) is 1. The van der Waals surface area contributed by atoms with Gasteiger partial charge in [-0.25, -0.2) is 0 Å². The zero-order valence-corrected chi connectivity index (χ0v) is 3.90. The molecule has 1 heteroatoms. The summed E-state index contributed by atoms with van der Waals surface area (Å²) in [6.07, 6.45) is 1.49. The minimum atomic E-state index is 0.407. The van der Waals surface area contributed by atoms with Gasteiger partial charge >= 0.3 is 0 Å². The Kier molecular flexibility index (Phi) is 0.701. The standard InChI is InChI=1S/C5H8O/c1-4-3-5(4)6-2/h5H,1,3H2,2H3. The molecule has 0 aromatic heterocycles. The number of methoxy groups -OCH3 is 1. The molecular formula is C5H8O. The molecule has 0 aliphatic heterocycles. The van der Waals surface area contributed by atoms with Crippen LogP contribution in [0.3, 0.4) is 0 Å². The van der Waals surface area contributed by atoms with Crippen LogP contribution in [0.1, 0.15) is 6.42 Å². The van der Waals surface area contributed by atoms with E-state index in [4.69, 9.17) is 4.74 Å². The van der Waals surface area contributed by atoms with Crippen LogP contribution in [0.15, 0.2) is 12.2 Å². The second-order valence-corrected chi connectivity index (χ2v) is 1.59. The third-order valence-corrected chi connectivity index (χ3v) is 1.03. The predicted molar refractivity (Wildman–Crippen MR) is 24.6 cm³/mol. The van der Waals surface area contributed by atoms with Crippen LogP contribution in [0, 0.1) is 0 Å². The average molecular weight is 84.1 g/mol. The zero-order valence-electron chi connectivity index (χ0n) is 3.90. The lowest BCUT2D eigenvalue weighted by Crippen LogP contribution is -1.81. The molecule has 1 rings (SSSR count). The SMILES string of the molecule is C=C1CC1OC. The van der Waals surface area contributed by atoms with E-state index in [1.54, 1.807) is 7.11 Å². The second kappa shape index (κ2) is 1.09. The Balaban J connectivity index is 2.26. The van der Waals surface area contributed by atoms with Gasteiger partial charge in [0.2, 0.25) is 0 Å². The summed E-state index contributed by atoms with van der Waals surface area (Å²) in [6, 6.07) is 0. The van der Waals surface area contributed by atoms with Crippen LogP contribution in [0.2, 0.25) is 0 Å². The van der Waals surface area contributed by atoms with Gasteiger partial charge in [-0.05, 0) is 5.57 Å². The van der Waals surface area contributed by atoms with Gasteiger partial charge in [-0.2, -0.15) is 0 Å². The lowest BCUT2D eigenvalue weighted by atomic mass is 10.7. The first-order chi connectivity index (χ1) is 2.84. The highest BCUT2D eigenvalue weighted by Crippen LogP contribution is 2.29. The van der Waals surface area contributed by atoms with E-state index in [1.165, 1.54) is 5.57 Å². The second-order valence-electron chi connectivity index (χ2n) is 1.59. The van der Waals surface area contributed by atoms with E-state index in [9.17, 15) is 0 Å². The first-order valence-corrected chi connectivity index (χ1v) is 2.05. The Labute approximate surface area is 37.6 Å². The highest BCUT2D eigenvalue weighted by atomic mass is 16.5. The topological polar surface area (TPSA) is 9.23 Å². The highest BCUT2D eigenvalue weighted by molar-refractivity contribution is 5.20. The van der Waals surface area contributed by atoms with Crippen molar-refractivity contribution in [2.45, 2.75) is 12.5 Å². The van der Waals surface area contributed by atoms with Gasteiger partial charge in [0, 0.05) is 13.5 Å². The fraction of sp³-hybridized carbons (Fsp3) is 0.600. The van der Waals surface area contributed by atoms with Crippen molar-refractivity contribution >= 4 is 0 Å². The predicted octanol–water partition coefficient (Wildman–Crippen LogP) is 0.961. The van der Waals surface area contributed by atoms with Crippen molar-refractivity contribution < 1.29 is 4.74 Å². The molecule has 0 saturated heterocycles. The van der Waals surface area contributed by atoms with Crippen molar-refractivity contribution in [1.29, 1.82) is 0 Å². The van der Waals surface area contributed by atoms with Gasteiger partial charge in [0.05, 0.1) is 6.10 Å². The number of hydrogen-bond acceptors (Lipinski definition) is 1. The van der Waals surface area contributed by atoms with Crippen LogP contribution in [0.25, 0.3) is 0 Å². The molecule has 0 spiro atoms. The molecule has 1 aliphatic carbocycles. The van der Waals surface area contributed by atoms with Crippen LogP contribution in [-0.2, 0) is 4.74 Å². The fourth-order valence-corrected chi connectivity index (χ4v) is 0.429. The van der Waals surface area contributed by atoms with E-state index in [0.717, 1.165) is 6.42 Å². The van der Waals surface area contributed by atoms with Crippen molar-refractivity contribution in [3.05, 3.63) is 12.2 Å². The van der Waals surface area contributed by atoms with E-state index >= 15 is 0 Å². The third kappa shape index (κ3) is 0.455. The maximum atomic E-state index is 4.87. The van der Waals surface area contributed by atoms with Gasteiger partial charge in [0.25, 0.3) is 0 Å². The van der Waals surface area contributed by atoms with Crippen LogP contribution in [-0.4, -0.2) is 13.2 Å². The molecule has 0 amide bonds. The molecule has 1 unspecified atom stereocenters. The van der Waals surface area contributed by atoms with E-state index in [-0.39, 0.29) is 0 Å². The Morgan fingerprint density at radius 1 is 2.00 bits per heavy atom. The quantitative estimate of drug-likeness (QED) is 0.430. The molecule has 0 bridgehead atoms. The maximum absolute atomic E-state index is 4.87. The van der Waals surface area contributed by atoms with Crippen molar-refractivity contribution in [2.75, 3.05) is 7.11 Å². The van der Waals surface area contributed by atoms with Gasteiger partial charge < -0.3 is 4.74 Å². The summed E-state index contributed by atoms with van der Waals surface area (Å²) >= 11 is 0. The summed E-state index contributed by atoms with van der Waals surface area (Å²) in [5.41, 5.74) is 1.23. The summed E-state index contributed by atoms with van der Waals surface area (Å²) in [4.78, 5) is 0. The summed E-state index contributed by atoms with van der Waals surface area (Å²) in [5, 5.41) is 0. The first kappa shape index (κ1) is 3.88. The van der Waals surface area contributed by atoms with Gasteiger partial charge in [-0.1, -0.05) is 6.58 Å². The molecule has 1 saturated carbocycles. The van der Waals surface area contributed by atoms with Crippen molar-refractivity contribution in [3.8, 4) is 0 Å². The van der Waals surface area contributed by atoms with Crippen molar-refractivity contribution in [1.82, 2.24) is 0 Å². The van der Waals surface area contributed by atoms with Crippen molar-refractivity contribution in [2.24, 2.45) is 0 Å². The Bertz CT molecular complexity index is 76.0. The highest BCUT2D eigenvalue weighted by Gasteiger charge is 2.26. The molecule has 0 aromatic carbocycles. The molecule has 0 heterocycles. The monoisotopic (exact) mass is 84.1 g/mol. The van der Waals surface area contributed by atoms with Gasteiger partial charge in [0.15, 0.2) is 0 Å². The molecule has 6 heavy (non-hydrogen) atoms. The maximum Gasteiger partial charge on any atom is 0.0817 e. The lowest BCUT2D eigenvalue weighted by Gasteiger charge is -1.81. The fourth-order valence-electron chi connectivity index (χ4n) is 0.429. The van der Waals surface area contributed by atoms with Crippen LogP contribution < -0.4 is 0 Å². The summed E-state index contributed by atoms with van der Waals surface area (Å²) < 4.78 is 4.87. The van der Waals surface area contributed by atoms with Crippen LogP contribution >= 0.6 is 0 Å². The van der Waals surface area contributed by atoms with Gasteiger partial charge in [0.1, 0.15) is 0 Å². The zero-order chi connectivity index (χ0) is 4.57. The minimum absolute atomic E-state index is 0.407. The van der Waals surface area contributed by atoms with E-state index < -0.39 is 0 Å². The molecule has 0 radical (unpaired) electrons. The Morgan fingerprint density at radius 2 is 2.50 bits per heavy atom. The molecule has 0 N–H and O–H groups in total. The van der Waals surface area contributed by atoms with Crippen LogP contribution in [0.4, 0.5) is 0 Å². The summed E-state index contributed by atoms with van der Waals surface area (Å²) in [6.45, 7) is 3.69. The first-order valence-electron chi connectivity index (χ1n) is 2.05. The molecular weight excluding hydrogens is 76.1 g/mol. The summed E-state index contributed by atoms with van der Waals surface area (Å²) in [5.74, 6) is 0. The van der Waals surface area contributed by atoms with E-state index in [0.29, 0.717) is 6.10 Å². The van der Waals surface area contributed by atoms with Crippen LogP contribution in [0.5, 0.6) is 0 Å². The Hall–Kier alpha value is -0.300. The number of hydrogen-bond donors (Lipinski definition) is 0. The lowest BCUT2D eigenvalue weighted by molar-refractivity contribution is 0.192. The minimum Gasteiger partial charge on any atom is -0.377 e. The normalized spacial score (nSPS) is 30.8. The molecule has 1 nitrogen and oxygen atoms in total. The van der Waals surface area contributed by atoms with Gasteiger partial charge in [-0.15, -0.1) is 0 Å². The van der Waals surface area contributed by atoms with Gasteiger partial charge in [-0.3, -0.25) is 0 Å². The molecule has 0 aromatic rings. The molecule has 34 valence electrons. The molecule has 1 fully saturated rings. The largest absolute Gasteiger partial charge is 0.377 e. The third-order valence-electron chi connectivity index (χ3n) is 1.03. The molecule has 1 aliphatic rings. The van der Waals surface area contributed by atoms with Crippen molar-refractivity contribution in [3.63, 3.8) is 0 Å². The smallest absolute Gasteiger partial charge is 0.0817 e. The average Bonchev–Trinajstić information content (AvgIpc) is 2.19. The molecule has 1 atom stereocenters.